The molecule has 2 rings (SSSR count). The Morgan fingerprint density at radius 2 is 1.71 bits per heavy atom. The van der Waals surface area contributed by atoms with Crippen molar-refractivity contribution in [1.29, 1.82) is 0 Å². The first-order valence-corrected chi connectivity index (χ1v) is 8.46. The number of ether oxygens (including phenoxy) is 3. The SMILES string of the molecule is CC#CC(C)(CC)Oc1cc(C(=O)Oc2ccccc2)ccc1OC(F)(F)F. The Bertz CT molecular complexity index is 882. The van der Waals surface area contributed by atoms with Gasteiger partial charge in [-0.05, 0) is 50.6 Å². The predicted molar refractivity (Wildman–Crippen MR) is 97.3 cm³/mol. The molecule has 2 aromatic rings. The zero-order chi connectivity index (χ0) is 20.8. The van der Waals surface area contributed by atoms with Crippen molar-refractivity contribution in [3.05, 3.63) is 54.1 Å². The molecular weight excluding hydrogens is 373 g/mol. The van der Waals surface area contributed by atoms with Crippen molar-refractivity contribution in [1.82, 2.24) is 0 Å². The summed E-state index contributed by atoms with van der Waals surface area (Å²) < 4.78 is 53.1. The summed E-state index contributed by atoms with van der Waals surface area (Å²) in [6.07, 6.45) is -4.51. The van der Waals surface area contributed by atoms with Crippen LogP contribution in [0.1, 0.15) is 37.6 Å². The van der Waals surface area contributed by atoms with Gasteiger partial charge >= 0.3 is 12.3 Å². The number of carbonyl (C=O) groups is 1. The first-order chi connectivity index (χ1) is 13.2. The monoisotopic (exact) mass is 392 g/mol. The van der Waals surface area contributed by atoms with E-state index >= 15 is 0 Å². The normalized spacial score (nSPS) is 12.9. The van der Waals surface area contributed by atoms with E-state index in [4.69, 9.17) is 9.47 Å². The Kier molecular flexibility index (Phi) is 6.57. The van der Waals surface area contributed by atoms with Gasteiger partial charge in [0.25, 0.3) is 0 Å². The largest absolute Gasteiger partial charge is 0.573 e. The van der Waals surface area contributed by atoms with Crippen molar-refractivity contribution in [2.45, 2.75) is 39.2 Å². The molecule has 0 aliphatic rings. The standard InChI is InChI=1S/C21H19F3O4/c1-4-13-20(3,5-2)27-18-14-15(11-12-17(18)28-21(22,23)24)19(25)26-16-9-7-6-8-10-16/h6-12,14H,5H2,1-3H3. The predicted octanol–water partition coefficient (Wildman–Crippen LogP) is 5.38. The molecule has 0 fully saturated rings. The molecule has 2 aromatic carbocycles. The van der Waals surface area contributed by atoms with Crippen molar-refractivity contribution < 1.29 is 32.2 Å². The molecule has 7 heteroatoms. The van der Waals surface area contributed by atoms with Crippen LogP contribution in [0, 0.1) is 11.8 Å². The lowest BCUT2D eigenvalue weighted by Gasteiger charge is -2.25. The number of halogens is 3. The molecule has 4 nitrogen and oxygen atoms in total. The highest BCUT2D eigenvalue weighted by Crippen LogP contribution is 2.36. The van der Waals surface area contributed by atoms with Gasteiger partial charge < -0.3 is 14.2 Å². The second-order valence-corrected chi connectivity index (χ2v) is 5.97. The molecule has 28 heavy (non-hydrogen) atoms. The van der Waals surface area contributed by atoms with Crippen molar-refractivity contribution >= 4 is 5.97 Å². The number of carbonyl (C=O) groups excluding carboxylic acids is 1. The zero-order valence-electron chi connectivity index (χ0n) is 15.6. The lowest BCUT2D eigenvalue weighted by atomic mass is 10.0. The minimum atomic E-state index is -4.91. The number of hydrogen-bond donors (Lipinski definition) is 0. The van der Waals surface area contributed by atoms with Crippen LogP contribution < -0.4 is 14.2 Å². The second kappa shape index (κ2) is 8.70. The molecule has 0 amide bonds. The van der Waals surface area contributed by atoms with E-state index in [9.17, 15) is 18.0 Å². The fourth-order valence-corrected chi connectivity index (χ4v) is 2.27. The van der Waals surface area contributed by atoms with Gasteiger partial charge in [-0.2, -0.15) is 0 Å². The van der Waals surface area contributed by atoms with Crippen LogP contribution in [-0.4, -0.2) is 17.9 Å². The van der Waals surface area contributed by atoms with Gasteiger partial charge in [0.2, 0.25) is 0 Å². The van der Waals surface area contributed by atoms with Crippen LogP contribution in [0.3, 0.4) is 0 Å². The molecule has 0 spiro atoms. The Balaban J connectivity index is 2.38. The quantitative estimate of drug-likeness (QED) is 0.376. The summed E-state index contributed by atoms with van der Waals surface area (Å²) in [5, 5.41) is 0. The zero-order valence-corrected chi connectivity index (χ0v) is 15.6. The molecule has 0 saturated carbocycles. The molecule has 0 aromatic heterocycles. The maximum Gasteiger partial charge on any atom is 0.573 e. The summed E-state index contributed by atoms with van der Waals surface area (Å²) >= 11 is 0. The lowest BCUT2D eigenvalue weighted by molar-refractivity contribution is -0.275. The van der Waals surface area contributed by atoms with Crippen LogP contribution in [0.25, 0.3) is 0 Å². The van der Waals surface area contributed by atoms with Crippen molar-refractivity contribution in [2.75, 3.05) is 0 Å². The molecule has 0 aliphatic carbocycles. The highest BCUT2D eigenvalue weighted by Gasteiger charge is 2.34. The highest BCUT2D eigenvalue weighted by atomic mass is 19.4. The number of para-hydroxylation sites is 1. The number of hydrogen-bond acceptors (Lipinski definition) is 4. The summed E-state index contributed by atoms with van der Waals surface area (Å²) in [4.78, 5) is 12.4. The van der Waals surface area contributed by atoms with Crippen LogP contribution in [0.5, 0.6) is 17.2 Å². The topological polar surface area (TPSA) is 44.8 Å². The van der Waals surface area contributed by atoms with Crippen LogP contribution in [-0.2, 0) is 0 Å². The summed E-state index contributed by atoms with van der Waals surface area (Å²) in [7, 11) is 0. The van der Waals surface area contributed by atoms with Gasteiger partial charge in [0, 0.05) is 0 Å². The minimum Gasteiger partial charge on any atom is -0.471 e. The van der Waals surface area contributed by atoms with E-state index in [1.165, 1.54) is 6.07 Å². The van der Waals surface area contributed by atoms with Gasteiger partial charge in [0.1, 0.15) is 5.75 Å². The highest BCUT2D eigenvalue weighted by molar-refractivity contribution is 5.91. The van der Waals surface area contributed by atoms with E-state index in [0.29, 0.717) is 12.2 Å². The van der Waals surface area contributed by atoms with E-state index in [1.807, 2.05) is 0 Å². The molecule has 0 saturated heterocycles. The van der Waals surface area contributed by atoms with Crippen molar-refractivity contribution in [3.63, 3.8) is 0 Å². The molecule has 1 atom stereocenters. The second-order valence-electron chi connectivity index (χ2n) is 5.97. The molecule has 0 bridgehead atoms. The smallest absolute Gasteiger partial charge is 0.471 e. The fourth-order valence-electron chi connectivity index (χ4n) is 2.27. The number of rotatable bonds is 6. The third-order valence-corrected chi connectivity index (χ3v) is 3.76. The maximum absolute atomic E-state index is 12.7. The first-order valence-electron chi connectivity index (χ1n) is 8.46. The summed E-state index contributed by atoms with van der Waals surface area (Å²) in [6.45, 7) is 5.01. The van der Waals surface area contributed by atoms with Crippen LogP contribution in [0.2, 0.25) is 0 Å². The van der Waals surface area contributed by atoms with Gasteiger partial charge in [-0.15, -0.1) is 19.1 Å². The molecular formula is C21H19F3O4. The van der Waals surface area contributed by atoms with Gasteiger partial charge in [0.15, 0.2) is 17.1 Å². The molecule has 1 unspecified atom stereocenters. The third kappa shape index (κ3) is 5.95. The number of esters is 1. The first kappa shape index (κ1) is 21.2. The summed E-state index contributed by atoms with van der Waals surface area (Å²) in [5.74, 6) is 4.24. The number of alkyl halides is 3. The van der Waals surface area contributed by atoms with E-state index in [0.717, 1.165) is 12.1 Å². The Labute approximate surface area is 161 Å². The minimum absolute atomic E-state index is 0.0105. The van der Waals surface area contributed by atoms with Crippen molar-refractivity contribution in [2.24, 2.45) is 0 Å². The van der Waals surface area contributed by atoms with E-state index < -0.39 is 23.7 Å². The van der Waals surface area contributed by atoms with E-state index in [2.05, 4.69) is 16.6 Å². The van der Waals surface area contributed by atoms with Gasteiger partial charge in [-0.1, -0.05) is 31.0 Å². The average Bonchev–Trinajstić information content (AvgIpc) is 2.63. The Hall–Kier alpha value is -3.14. The Morgan fingerprint density at radius 1 is 1.04 bits per heavy atom. The molecule has 0 heterocycles. The van der Waals surface area contributed by atoms with E-state index in [-0.39, 0.29) is 11.3 Å². The van der Waals surface area contributed by atoms with Crippen LogP contribution in [0.4, 0.5) is 13.2 Å². The molecule has 0 aliphatic heterocycles. The van der Waals surface area contributed by atoms with Gasteiger partial charge in [-0.3, -0.25) is 0 Å². The van der Waals surface area contributed by atoms with E-state index in [1.54, 1.807) is 51.1 Å². The number of benzene rings is 2. The average molecular weight is 392 g/mol. The third-order valence-electron chi connectivity index (χ3n) is 3.76. The lowest BCUT2D eigenvalue weighted by Crippen LogP contribution is -2.30. The molecule has 148 valence electrons. The summed E-state index contributed by atoms with van der Waals surface area (Å²) in [6, 6.07) is 11.6. The Morgan fingerprint density at radius 3 is 2.29 bits per heavy atom. The van der Waals surface area contributed by atoms with Crippen molar-refractivity contribution in [3.8, 4) is 29.1 Å². The maximum atomic E-state index is 12.7. The fraction of sp³-hybridized carbons (Fsp3) is 0.286. The molecule has 0 radical (unpaired) electrons. The van der Waals surface area contributed by atoms with Crippen LogP contribution >= 0.6 is 0 Å². The van der Waals surface area contributed by atoms with Crippen LogP contribution in [0.15, 0.2) is 48.5 Å². The summed E-state index contributed by atoms with van der Waals surface area (Å²) in [5.41, 5.74) is -1.04. The van der Waals surface area contributed by atoms with Gasteiger partial charge in [0.05, 0.1) is 5.56 Å². The van der Waals surface area contributed by atoms with Gasteiger partial charge in [-0.25, -0.2) is 4.79 Å². The molecule has 0 N–H and O–H groups in total.